The average Bonchev–Trinajstić information content (AvgIpc) is 1.85. The molecule has 0 saturated heterocycles. The Morgan fingerprint density at radius 3 is 1.92 bits per heavy atom. The summed E-state index contributed by atoms with van der Waals surface area (Å²) >= 11 is 19.3. The third-order valence-corrected chi connectivity index (χ3v) is 0.809. The van der Waals surface area contributed by atoms with E-state index >= 15 is 0 Å². The fourth-order valence-electron chi connectivity index (χ4n) is 0.448. The van der Waals surface area contributed by atoms with Gasteiger partial charge in [0.2, 0.25) is 0 Å². The van der Waals surface area contributed by atoms with E-state index in [-0.39, 0.29) is 0 Å². The summed E-state index contributed by atoms with van der Waals surface area (Å²) in [6.07, 6.45) is 3.60. The zero-order chi connectivity index (χ0) is 9.61. The topological polar surface area (TPSA) is 12.9 Å². The molecule has 0 aliphatic rings. The largest absolute Gasteiger partial charge is 0.266 e. The van der Waals surface area contributed by atoms with Crippen molar-refractivity contribution in [2.45, 2.75) is 10.2 Å². The molecule has 1 aromatic heterocycles. The second kappa shape index (κ2) is 5.87. The number of nitrogens with zero attached hydrogens (tertiary/aromatic N) is 1. The molecule has 12 heavy (non-hydrogen) atoms. The maximum absolute atomic E-state index is 4.83. The fraction of sp³-hybridized carbons (Fsp3) is 0.286. The minimum Gasteiger partial charge on any atom is -0.264 e. The first-order chi connectivity index (χ1) is 5.39. The SMILES string of the molecule is Cc1cccnc1.ClC(Cl)(Cl)Cl. The van der Waals surface area contributed by atoms with Gasteiger partial charge in [-0.25, -0.2) is 0 Å². The molecule has 0 aliphatic carbocycles. The van der Waals surface area contributed by atoms with Crippen molar-refractivity contribution < 1.29 is 0 Å². The summed E-state index contributed by atoms with van der Waals surface area (Å²) in [5, 5.41) is 0. The van der Waals surface area contributed by atoms with Crippen LogP contribution in [0.25, 0.3) is 0 Å². The summed E-state index contributed by atoms with van der Waals surface area (Å²) in [5.41, 5.74) is 1.21. The number of aryl methyl sites for hydroxylation is 1. The Morgan fingerprint density at radius 1 is 1.25 bits per heavy atom. The van der Waals surface area contributed by atoms with E-state index in [9.17, 15) is 0 Å². The van der Waals surface area contributed by atoms with Crippen LogP contribution in [0.1, 0.15) is 5.56 Å². The molecule has 1 aromatic rings. The standard InChI is InChI=1S/C6H7N.CCl4/c1-6-3-2-4-7-5-6;2-1(3,4)5/h2-5H,1H3;. The van der Waals surface area contributed by atoms with Gasteiger partial charge in [-0.15, -0.1) is 0 Å². The molecule has 0 aliphatic heterocycles. The van der Waals surface area contributed by atoms with Gasteiger partial charge in [-0.1, -0.05) is 52.5 Å². The molecular weight excluding hydrogens is 240 g/mol. The molecule has 0 aromatic carbocycles. The third-order valence-electron chi connectivity index (χ3n) is 0.809. The molecule has 0 bridgehead atoms. The number of pyridine rings is 1. The van der Waals surface area contributed by atoms with E-state index < -0.39 is 3.25 Å². The molecule has 0 fully saturated rings. The van der Waals surface area contributed by atoms with E-state index in [4.69, 9.17) is 46.4 Å². The van der Waals surface area contributed by atoms with Crippen molar-refractivity contribution in [2.24, 2.45) is 0 Å². The zero-order valence-corrected chi connectivity index (χ0v) is 9.29. The van der Waals surface area contributed by atoms with Gasteiger partial charge in [0.25, 0.3) is 3.25 Å². The minimum absolute atomic E-state index is 1.21. The van der Waals surface area contributed by atoms with Crippen LogP contribution >= 0.6 is 46.4 Å². The highest BCUT2D eigenvalue weighted by Gasteiger charge is 2.11. The number of alkyl halides is 4. The van der Waals surface area contributed by atoms with Crippen molar-refractivity contribution in [3.63, 3.8) is 0 Å². The first-order valence-electron chi connectivity index (χ1n) is 3.02. The quantitative estimate of drug-likeness (QED) is 0.632. The highest BCUT2D eigenvalue weighted by molar-refractivity contribution is 6.83. The third kappa shape index (κ3) is 12.9. The molecule has 0 N–H and O–H groups in total. The van der Waals surface area contributed by atoms with Crippen LogP contribution in [-0.4, -0.2) is 8.24 Å². The number of halogens is 4. The number of hydrogen-bond acceptors (Lipinski definition) is 1. The molecule has 0 radical (unpaired) electrons. The monoisotopic (exact) mass is 245 g/mol. The van der Waals surface area contributed by atoms with E-state index in [0.717, 1.165) is 0 Å². The Kier molecular flexibility index (Phi) is 6.02. The summed E-state index contributed by atoms with van der Waals surface area (Å²) in [5.74, 6) is 0. The minimum atomic E-state index is -1.61. The van der Waals surface area contributed by atoms with Gasteiger partial charge in [0.1, 0.15) is 0 Å². The van der Waals surface area contributed by atoms with Crippen molar-refractivity contribution >= 4 is 46.4 Å². The second-order valence-corrected chi connectivity index (χ2v) is 5.39. The van der Waals surface area contributed by atoms with Crippen LogP contribution in [0.15, 0.2) is 24.5 Å². The van der Waals surface area contributed by atoms with Gasteiger partial charge in [0, 0.05) is 12.4 Å². The highest BCUT2D eigenvalue weighted by Crippen LogP contribution is 2.29. The van der Waals surface area contributed by atoms with Gasteiger partial charge in [-0.3, -0.25) is 4.98 Å². The van der Waals surface area contributed by atoms with Gasteiger partial charge in [-0.05, 0) is 18.6 Å². The van der Waals surface area contributed by atoms with Crippen molar-refractivity contribution in [3.05, 3.63) is 30.1 Å². The maximum atomic E-state index is 4.83. The van der Waals surface area contributed by atoms with E-state index in [1.165, 1.54) is 5.56 Å². The smallest absolute Gasteiger partial charge is 0.264 e. The number of aromatic nitrogens is 1. The molecule has 68 valence electrons. The molecule has 0 spiro atoms. The molecule has 1 heterocycles. The maximum Gasteiger partial charge on any atom is 0.266 e. The summed E-state index contributed by atoms with van der Waals surface area (Å²) in [7, 11) is 0. The summed E-state index contributed by atoms with van der Waals surface area (Å²) < 4.78 is -1.61. The van der Waals surface area contributed by atoms with E-state index in [2.05, 4.69) is 4.98 Å². The van der Waals surface area contributed by atoms with E-state index in [1.807, 2.05) is 25.3 Å². The normalized spacial score (nSPS) is 10.1. The van der Waals surface area contributed by atoms with Gasteiger partial charge >= 0.3 is 0 Å². The van der Waals surface area contributed by atoms with Gasteiger partial charge in [0.05, 0.1) is 0 Å². The van der Waals surface area contributed by atoms with Crippen LogP contribution in [0.3, 0.4) is 0 Å². The first kappa shape index (κ1) is 12.3. The Morgan fingerprint density at radius 2 is 1.75 bits per heavy atom. The molecule has 1 rings (SSSR count). The summed E-state index contributed by atoms with van der Waals surface area (Å²) in [6.45, 7) is 2.02. The average molecular weight is 247 g/mol. The lowest BCUT2D eigenvalue weighted by atomic mass is 10.3. The number of rotatable bonds is 0. The van der Waals surface area contributed by atoms with Gasteiger partial charge in [-0.2, -0.15) is 0 Å². The lowest BCUT2D eigenvalue weighted by molar-refractivity contribution is 1.27. The van der Waals surface area contributed by atoms with Gasteiger partial charge < -0.3 is 0 Å². The lowest BCUT2D eigenvalue weighted by Crippen LogP contribution is -1.81. The highest BCUT2D eigenvalue weighted by atomic mass is 35.6. The van der Waals surface area contributed by atoms with Crippen LogP contribution in [-0.2, 0) is 0 Å². The first-order valence-corrected chi connectivity index (χ1v) is 4.53. The Labute approximate surface area is 91.6 Å². The van der Waals surface area contributed by atoms with Crippen molar-refractivity contribution in [3.8, 4) is 0 Å². The molecule has 5 heteroatoms. The summed E-state index contributed by atoms with van der Waals surface area (Å²) in [6, 6.07) is 3.95. The molecule has 1 nitrogen and oxygen atoms in total. The number of hydrogen-bond donors (Lipinski definition) is 0. The Balaban J connectivity index is 0.000000217. The Hall–Kier alpha value is 0.310. The second-order valence-electron chi connectivity index (χ2n) is 1.96. The van der Waals surface area contributed by atoms with Crippen LogP contribution in [0, 0.1) is 6.92 Å². The van der Waals surface area contributed by atoms with Crippen molar-refractivity contribution in [2.75, 3.05) is 0 Å². The van der Waals surface area contributed by atoms with E-state index in [0.29, 0.717) is 0 Å². The lowest BCUT2D eigenvalue weighted by Gasteiger charge is -1.91. The summed E-state index contributed by atoms with van der Waals surface area (Å²) in [4.78, 5) is 3.88. The molecule has 0 atom stereocenters. The zero-order valence-electron chi connectivity index (χ0n) is 6.27. The van der Waals surface area contributed by atoms with Crippen LogP contribution in [0.2, 0.25) is 0 Å². The van der Waals surface area contributed by atoms with E-state index in [1.54, 1.807) is 6.20 Å². The van der Waals surface area contributed by atoms with Crippen molar-refractivity contribution in [1.82, 2.24) is 4.98 Å². The van der Waals surface area contributed by atoms with Crippen LogP contribution < -0.4 is 0 Å². The Bertz CT molecular complexity index is 200. The predicted molar refractivity (Wildman–Crippen MR) is 55.1 cm³/mol. The van der Waals surface area contributed by atoms with Crippen LogP contribution in [0.4, 0.5) is 0 Å². The molecule has 0 saturated carbocycles. The predicted octanol–water partition coefficient (Wildman–Crippen LogP) is 3.94. The molecule has 0 amide bonds. The molecule has 0 unspecified atom stereocenters. The van der Waals surface area contributed by atoms with Crippen LogP contribution in [0.5, 0.6) is 0 Å². The fourth-order valence-corrected chi connectivity index (χ4v) is 0.448. The van der Waals surface area contributed by atoms with Crippen molar-refractivity contribution in [1.29, 1.82) is 0 Å². The molecular formula is C7H7Cl4N. The van der Waals surface area contributed by atoms with Gasteiger partial charge in [0.15, 0.2) is 0 Å².